The molecule has 5 nitrogen and oxygen atoms in total. The number of alkyl halides is 3. The summed E-state index contributed by atoms with van der Waals surface area (Å²) in [5, 5.41) is 2.24. The van der Waals surface area contributed by atoms with Gasteiger partial charge in [-0.05, 0) is 49.2 Å². The topological polar surface area (TPSA) is 66.5 Å². The summed E-state index contributed by atoms with van der Waals surface area (Å²) in [4.78, 5) is 12.4. The van der Waals surface area contributed by atoms with Gasteiger partial charge in [0.1, 0.15) is 5.82 Å². The van der Waals surface area contributed by atoms with Gasteiger partial charge >= 0.3 is 6.18 Å². The normalized spacial score (nSPS) is 15.9. The maximum atomic E-state index is 13.4. The highest BCUT2D eigenvalue weighted by atomic mass is 32.2. The van der Waals surface area contributed by atoms with Crippen LogP contribution in [-0.4, -0.2) is 31.7 Å². The molecule has 1 saturated heterocycles. The van der Waals surface area contributed by atoms with Crippen molar-refractivity contribution >= 4 is 21.6 Å². The van der Waals surface area contributed by atoms with E-state index in [1.165, 1.54) is 28.6 Å². The molecule has 1 aliphatic heterocycles. The number of hydrogen-bond donors (Lipinski definition) is 1. The molecule has 0 atom stereocenters. The fourth-order valence-electron chi connectivity index (χ4n) is 3.08. The highest BCUT2D eigenvalue weighted by Gasteiger charge is 2.34. The van der Waals surface area contributed by atoms with Crippen molar-refractivity contribution in [3.63, 3.8) is 0 Å². The van der Waals surface area contributed by atoms with Crippen molar-refractivity contribution in [1.29, 1.82) is 0 Å². The van der Waals surface area contributed by atoms with Crippen LogP contribution in [0.15, 0.2) is 47.4 Å². The van der Waals surface area contributed by atoms with E-state index in [0.29, 0.717) is 25.2 Å². The first-order chi connectivity index (χ1) is 13.6. The van der Waals surface area contributed by atoms with Crippen molar-refractivity contribution < 1.29 is 30.8 Å². The molecule has 1 amide bonds. The number of nitrogens with zero attached hydrogens (tertiary/aromatic N) is 1. The minimum atomic E-state index is -4.91. The Balaban J connectivity index is 1.83. The molecule has 10 heteroatoms. The number of carbonyl (C=O) groups excluding carboxylic acids is 1. The van der Waals surface area contributed by atoms with Crippen LogP contribution in [0.5, 0.6) is 0 Å². The lowest BCUT2D eigenvalue weighted by Crippen LogP contribution is -2.35. The summed E-state index contributed by atoms with van der Waals surface area (Å²) in [6.07, 6.45) is -2.45. The lowest BCUT2D eigenvalue weighted by molar-refractivity contribution is -0.139. The van der Waals surface area contributed by atoms with Gasteiger partial charge in [-0.15, -0.1) is 0 Å². The molecule has 1 fully saturated rings. The van der Waals surface area contributed by atoms with Crippen molar-refractivity contribution in [2.24, 2.45) is 0 Å². The zero-order valence-electron chi connectivity index (χ0n) is 15.2. The average Bonchev–Trinajstić information content (AvgIpc) is 2.69. The Morgan fingerprint density at radius 1 is 1.00 bits per heavy atom. The molecule has 0 radical (unpaired) electrons. The van der Waals surface area contributed by atoms with E-state index in [4.69, 9.17) is 0 Å². The lowest BCUT2D eigenvalue weighted by atomic mass is 10.1. The van der Waals surface area contributed by atoms with Crippen LogP contribution in [-0.2, 0) is 16.2 Å². The first-order valence-electron chi connectivity index (χ1n) is 8.87. The molecule has 29 heavy (non-hydrogen) atoms. The molecule has 0 spiro atoms. The second-order valence-electron chi connectivity index (χ2n) is 6.64. The van der Waals surface area contributed by atoms with E-state index in [1.807, 2.05) is 0 Å². The van der Waals surface area contributed by atoms with Gasteiger partial charge in [0, 0.05) is 24.3 Å². The van der Waals surface area contributed by atoms with Crippen LogP contribution in [0.1, 0.15) is 35.2 Å². The van der Waals surface area contributed by atoms with Gasteiger partial charge in [-0.1, -0.05) is 12.5 Å². The third-order valence-electron chi connectivity index (χ3n) is 4.58. The maximum absolute atomic E-state index is 13.4. The van der Waals surface area contributed by atoms with Gasteiger partial charge in [-0.3, -0.25) is 4.79 Å². The third-order valence-corrected chi connectivity index (χ3v) is 6.47. The maximum Gasteiger partial charge on any atom is 0.419 e. The molecular formula is C19H18F4N2O3S. The van der Waals surface area contributed by atoms with E-state index in [2.05, 4.69) is 5.32 Å². The van der Waals surface area contributed by atoms with Crippen LogP contribution in [0.2, 0.25) is 0 Å². The molecule has 0 aromatic heterocycles. The van der Waals surface area contributed by atoms with E-state index >= 15 is 0 Å². The molecule has 1 heterocycles. The molecular weight excluding hydrogens is 412 g/mol. The number of sulfonamides is 1. The van der Waals surface area contributed by atoms with Crippen molar-refractivity contribution in [1.82, 2.24) is 4.31 Å². The Morgan fingerprint density at radius 2 is 1.69 bits per heavy atom. The minimum Gasteiger partial charge on any atom is -0.322 e. The van der Waals surface area contributed by atoms with Crippen LogP contribution >= 0.6 is 0 Å². The molecule has 3 rings (SSSR count). The Bertz CT molecular complexity index is 1020. The summed E-state index contributed by atoms with van der Waals surface area (Å²) in [6.45, 7) is 0.795. The van der Waals surface area contributed by atoms with Crippen LogP contribution in [0, 0.1) is 5.82 Å². The summed E-state index contributed by atoms with van der Waals surface area (Å²) in [6, 6.07) is 7.36. The lowest BCUT2D eigenvalue weighted by Gasteiger charge is -2.26. The van der Waals surface area contributed by atoms with Crippen molar-refractivity contribution in [3.05, 3.63) is 59.4 Å². The Kier molecular flexibility index (Phi) is 5.95. The number of halogens is 4. The first kappa shape index (κ1) is 21.3. The quantitative estimate of drug-likeness (QED) is 0.737. The van der Waals surface area contributed by atoms with Gasteiger partial charge in [0.25, 0.3) is 5.91 Å². The molecule has 0 bridgehead atoms. The first-order valence-corrected chi connectivity index (χ1v) is 10.3. The second kappa shape index (κ2) is 8.11. The molecule has 0 saturated carbocycles. The predicted octanol–water partition coefficient (Wildman–Crippen LogP) is 4.27. The van der Waals surface area contributed by atoms with Crippen molar-refractivity contribution in [2.75, 3.05) is 18.4 Å². The van der Waals surface area contributed by atoms with Crippen LogP contribution in [0.4, 0.5) is 23.2 Å². The average molecular weight is 430 g/mol. The number of anilines is 1. The van der Waals surface area contributed by atoms with Crippen LogP contribution in [0.25, 0.3) is 0 Å². The fraction of sp³-hybridized carbons (Fsp3) is 0.316. The zero-order valence-corrected chi connectivity index (χ0v) is 16.0. The Labute approximate surface area is 165 Å². The van der Waals surface area contributed by atoms with E-state index in [9.17, 15) is 30.8 Å². The molecule has 2 aromatic carbocycles. The summed E-state index contributed by atoms with van der Waals surface area (Å²) >= 11 is 0. The molecule has 2 aromatic rings. The Hall–Kier alpha value is -2.46. The van der Waals surface area contributed by atoms with Crippen LogP contribution < -0.4 is 5.32 Å². The van der Waals surface area contributed by atoms with Crippen molar-refractivity contribution in [3.8, 4) is 0 Å². The van der Waals surface area contributed by atoms with Crippen LogP contribution in [0.3, 0.4) is 0 Å². The van der Waals surface area contributed by atoms with Crippen molar-refractivity contribution in [2.45, 2.75) is 30.3 Å². The number of carbonyl (C=O) groups is 1. The number of hydrogen-bond acceptors (Lipinski definition) is 3. The largest absolute Gasteiger partial charge is 0.419 e. The second-order valence-corrected chi connectivity index (χ2v) is 8.58. The Morgan fingerprint density at radius 3 is 2.34 bits per heavy atom. The SMILES string of the molecule is O=C(Nc1ccc(F)c(C(F)(F)F)c1)c1cccc(S(=O)(=O)N2CCCCC2)c1. The van der Waals surface area contributed by atoms with E-state index in [1.54, 1.807) is 0 Å². The molecule has 1 aliphatic rings. The van der Waals surface area contributed by atoms with E-state index in [-0.39, 0.29) is 16.1 Å². The summed E-state index contributed by atoms with van der Waals surface area (Å²) in [5.74, 6) is -2.26. The number of piperidine rings is 1. The predicted molar refractivity (Wildman–Crippen MR) is 98.4 cm³/mol. The highest BCUT2D eigenvalue weighted by Crippen LogP contribution is 2.33. The number of rotatable bonds is 4. The molecule has 156 valence electrons. The van der Waals surface area contributed by atoms with Gasteiger partial charge < -0.3 is 5.32 Å². The van der Waals surface area contributed by atoms with Gasteiger partial charge in [-0.25, -0.2) is 12.8 Å². The number of benzene rings is 2. The summed E-state index contributed by atoms with van der Waals surface area (Å²) in [7, 11) is -3.77. The standard InChI is InChI=1S/C19H18F4N2O3S/c20-17-8-7-14(12-16(17)19(21,22)23)24-18(26)13-5-4-6-15(11-13)29(27,28)25-9-2-1-3-10-25/h4-8,11-12H,1-3,9-10H2,(H,24,26). The minimum absolute atomic E-state index is 0.0408. The van der Waals surface area contributed by atoms with Gasteiger partial charge in [0.2, 0.25) is 10.0 Å². The zero-order chi connectivity index (χ0) is 21.2. The smallest absolute Gasteiger partial charge is 0.322 e. The van der Waals surface area contributed by atoms with E-state index in [0.717, 1.165) is 25.3 Å². The molecule has 0 aliphatic carbocycles. The molecule has 0 unspecified atom stereocenters. The molecule has 1 N–H and O–H groups in total. The fourth-order valence-corrected chi connectivity index (χ4v) is 4.64. The van der Waals surface area contributed by atoms with Gasteiger partial charge in [0.05, 0.1) is 10.5 Å². The summed E-state index contributed by atoms with van der Waals surface area (Å²) in [5.41, 5.74) is -1.80. The number of nitrogens with one attached hydrogen (secondary N) is 1. The number of amides is 1. The highest BCUT2D eigenvalue weighted by molar-refractivity contribution is 7.89. The van der Waals surface area contributed by atoms with Gasteiger partial charge in [0.15, 0.2) is 0 Å². The van der Waals surface area contributed by atoms with Gasteiger partial charge in [-0.2, -0.15) is 17.5 Å². The third kappa shape index (κ3) is 4.76. The monoisotopic (exact) mass is 430 g/mol. The summed E-state index contributed by atoms with van der Waals surface area (Å²) < 4.78 is 78.7. The van der Waals surface area contributed by atoms with E-state index < -0.39 is 33.5 Å².